The second kappa shape index (κ2) is 8.49. The summed E-state index contributed by atoms with van der Waals surface area (Å²) in [6.45, 7) is 0. The van der Waals surface area contributed by atoms with Crippen LogP contribution in [0.15, 0.2) is 38.2 Å². The number of Topliss-reactive ketones (excluding diaryl/α,β-unsaturated/α-hetero) is 1. The maximum absolute atomic E-state index is 12.6. The fraction of sp³-hybridized carbons (Fsp3) is 0.235. The minimum atomic E-state index is -0.716. The molecule has 0 fully saturated rings. The number of benzene rings is 1. The van der Waals surface area contributed by atoms with Crippen LogP contribution in [0.2, 0.25) is 0 Å². The number of para-hydroxylation sites is 2. The molecule has 0 bridgehead atoms. The molecule has 0 spiro atoms. The van der Waals surface area contributed by atoms with Crippen LogP contribution in [-0.2, 0) is 14.1 Å². The van der Waals surface area contributed by atoms with Gasteiger partial charge < -0.3 is 15.8 Å². The van der Waals surface area contributed by atoms with Gasteiger partial charge >= 0.3 is 5.69 Å². The van der Waals surface area contributed by atoms with E-state index >= 15 is 0 Å². The predicted molar refractivity (Wildman–Crippen MR) is 113 cm³/mol. The van der Waals surface area contributed by atoms with E-state index in [1.807, 2.05) is 24.3 Å². The van der Waals surface area contributed by atoms with Crippen molar-refractivity contribution in [1.82, 2.24) is 19.3 Å². The van der Waals surface area contributed by atoms with E-state index < -0.39 is 17.0 Å². The van der Waals surface area contributed by atoms with E-state index in [1.54, 1.807) is 7.11 Å². The zero-order valence-corrected chi connectivity index (χ0v) is 17.5. The Balaban J connectivity index is 1.73. The van der Waals surface area contributed by atoms with Crippen molar-refractivity contribution in [3.63, 3.8) is 0 Å². The number of ketones is 1. The molecule has 0 atom stereocenters. The molecule has 10 nitrogen and oxygen atoms in total. The van der Waals surface area contributed by atoms with Gasteiger partial charge in [0.1, 0.15) is 17.1 Å². The Morgan fingerprint density at radius 2 is 1.97 bits per heavy atom. The number of nitrogens with zero attached hydrogens (tertiary/aromatic N) is 4. The molecule has 0 saturated heterocycles. The van der Waals surface area contributed by atoms with Gasteiger partial charge in [-0.2, -0.15) is 0 Å². The summed E-state index contributed by atoms with van der Waals surface area (Å²) in [5.74, 6) is -0.0493. The predicted octanol–water partition coefficient (Wildman–Crippen LogP) is 1.24. The number of thioether (sulfide) groups is 1. The fourth-order valence-electron chi connectivity index (χ4n) is 2.50. The summed E-state index contributed by atoms with van der Waals surface area (Å²) >= 11 is 2.38. The van der Waals surface area contributed by atoms with Gasteiger partial charge in [0.15, 0.2) is 10.1 Å². The van der Waals surface area contributed by atoms with Crippen molar-refractivity contribution >= 4 is 45.5 Å². The fourth-order valence-corrected chi connectivity index (χ4v) is 4.14. The van der Waals surface area contributed by atoms with Gasteiger partial charge in [-0.25, -0.2) is 4.79 Å². The van der Waals surface area contributed by atoms with Crippen molar-refractivity contribution in [2.45, 2.75) is 4.34 Å². The van der Waals surface area contributed by atoms with E-state index in [-0.39, 0.29) is 17.1 Å². The number of hydrogen-bond donors (Lipinski definition) is 2. The van der Waals surface area contributed by atoms with Gasteiger partial charge in [-0.15, -0.1) is 10.2 Å². The molecule has 2 aromatic heterocycles. The molecule has 0 amide bonds. The van der Waals surface area contributed by atoms with Crippen LogP contribution < -0.4 is 27.0 Å². The Labute approximate surface area is 173 Å². The van der Waals surface area contributed by atoms with Crippen LogP contribution in [-0.4, -0.2) is 38.0 Å². The summed E-state index contributed by atoms with van der Waals surface area (Å²) in [4.78, 5) is 36.7. The number of nitrogen functional groups attached to an aromatic ring is 1. The highest BCUT2D eigenvalue weighted by Crippen LogP contribution is 2.31. The smallest absolute Gasteiger partial charge is 0.332 e. The van der Waals surface area contributed by atoms with Crippen LogP contribution in [0.5, 0.6) is 5.75 Å². The number of carbonyl (C=O) groups is 1. The summed E-state index contributed by atoms with van der Waals surface area (Å²) in [6.07, 6.45) is 0. The number of rotatable bonds is 7. The lowest BCUT2D eigenvalue weighted by atomic mass is 10.2. The average Bonchev–Trinajstić information content (AvgIpc) is 3.17. The van der Waals surface area contributed by atoms with E-state index in [4.69, 9.17) is 10.5 Å². The highest BCUT2D eigenvalue weighted by atomic mass is 32.2. The number of carbonyl (C=O) groups excluding carboxylic acids is 1. The molecule has 3 N–H and O–H groups in total. The van der Waals surface area contributed by atoms with Crippen LogP contribution in [0.3, 0.4) is 0 Å². The summed E-state index contributed by atoms with van der Waals surface area (Å²) in [5.41, 5.74) is 5.03. The monoisotopic (exact) mass is 434 g/mol. The molecule has 0 radical (unpaired) electrons. The largest absolute Gasteiger partial charge is 0.495 e. The second-order valence-electron chi connectivity index (χ2n) is 5.88. The maximum Gasteiger partial charge on any atom is 0.332 e. The number of anilines is 3. The van der Waals surface area contributed by atoms with Crippen LogP contribution in [0, 0.1) is 0 Å². The highest BCUT2D eigenvalue weighted by Gasteiger charge is 2.21. The van der Waals surface area contributed by atoms with Gasteiger partial charge in [0.2, 0.25) is 5.13 Å². The molecule has 3 aromatic rings. The van der Waals surface area contributed by atoms with E-state index in [0.29, 0.717) is 15.2 Å². The van der Waals surface area contributed by atoms with Crippen molar-refractivity contribution in [1.29, 1.82) is 0 Å². The molecule has 3 rings (SSSR count). The molecule has 2 heterocycles. The zero-order valence-electron chi connectivity index (χ0n) is 15.8. The van der Waals surface area contributed by atoms with Gasteiger partial charge in [0.25, 0.3) is 5.56 Å². The number of hydrogen-bond acceptors (Lipinski definition) is 10. The summed E-state index contributed by atoms with van der Waals surface area (Å²) in [6, 6.07) is 7.37. The molecular weight excluding hydrogens is 416 g/mol. The zero-order chi connectivity index (χ0) is 21.1. The van der Waals surface area contributed by atoms with Crippen molar-refractivity contribution in [3.05, 3.63) is 50.7 Å². The van der Waals surface area contributed by atoms with Crippen LogP contribution in [0.1, 0.15) is 10.4 Å². The SMILES string of the molecule is COc1ccccc1Nc1nnc(SCC(=O)c2c(N)n(C)c(=O)n(C)c2=O)s1. The van der Waals surface area contributed by atoms with Crippen molar-refractivity contribution in [2.75, 3.05) is 23.9 Å². The Bertz CT molecular complexity index is 1180. The number of ether oxygens (including phenoxy) is 1. The Kier molecular flexibility index (Phi) is 6.03. The third-order valence-corrected chi connectivity index (χ3v) is 6.04. The first-order chi connectivity index (χ1) is 13.8. The summed E-state index contributed by atoms with van der Waals surface area (Å²) in [7, 11) is 4.28. The average molecular weight is 435 g/mol. The Morgan fingerprint density at radius 3 is 2.69 bits per heavy atom. The van der Waals surface area contributed by atoms with Crippen molar-refractivity contribution < 1.29 is 9.53 Å². The van der Waals surface area contributed by atoms with Crippen LogP contribution >= 0.6 is 23.1 Å². The van der Waals surface area contributed by atoms with E-state index in [2.05, 4.69) is 15.5 Å². The normalized spacial score (nSPS) is 10.7. The Hall–Kier alpha value is -3.12. The lowest BCUT2D eigenvalue weighted by Gasteiger charge is -2.10. The summed E-state index contributed by atoms with van der Waals surface area (Å²) in [5, 5.41) is 11.7. The topological polar surface area (TPSA) is 134 Å². The van der Waals surface area contributed by atoms with Crippen LogP contribution in [0.4, 0.5) is 16.6 Å². The standard InChI is InChI=1S/C17H18N6O4S2/c1-22-13(18)12(14(25)23(2)17(22)26)10(24)8-28-16-21-20-15(29-16)19-9-6-4-5-7-11(9)27-3/h4-7H,8,18H2,1-3H3,(H,19,20). The Morgan fingerprint density at radius 1 is 1.24 bits per heavy atom. The molecule has 152 valence electrons. The van der Waals surface area contributed by atoms with Crippen molar-refractivity contribution in [2.24, 2.45) is 14.1 Å². The molecule has 0 aliphatic rings. The van der Waals surface area contributed by atoms with Gasteiger partial charge in [-0.3, -0.25) is 18.7 Å². The molecule has 0 unspecified atom stereocenters. The van der Waals surface area contributed by atoms with E-state index in [9.17, 15) is 14.4 Å². The first kappa shape index (κ1) is 20.6. The third-order valence-electron chi connectivity index (χ3n) is 4.07. The third kappa shape index (κ3) is 4.17. The molecule has 0 aliphatic heterocycles. The number of aromatic nitrogens is 4. The molecule has 0 aliphatic carbocycles. The van der Waals surface area contributed by atoms with Gasteiger partial charge in [-0.1, -0.05) is 35.2 Å². The van der Waals surface area contributed by atoms with E-state index in [0.717, 1.165) is 26.6 Å². The van der Waals surface area contributed by atoms with Crippen LogP contribution in [0.25, 0.3) is 0 Å². The maximum atomic E-state index is 12.6. The first-order valence-electron chi connectivity index (χ1n) is 8.28. The molecule has 0 saturated carbocycles. The molecule has 12 heteroatoms. The molecule has 1 aromatic carbocycles. The lowest BCUT2D eigenvalue weighted by Crippen LogP contribution is -2.41. The number of nitrogens with two attached hydrogens (primary N) is 1. The van der Waals surface area contributed by atoms with Gasteiger partial charge in [0, 0.05) is 14.1 Å². The first-order valence-corrected chi connectivity index (χ1v) is 10.1. The van der Waals surface area contributed by atoms with Gasteiger partial charge in [-0.05, 0) is 12.1 Å². The van der Waals surface area contributed by atoms with Crippen molar-refractivity contribution in [3.8, 4) is 5.75 Å². The van der Waals surface area contributed by atoms with E-state index in [1.165, 1.54) is 25.4 Å². The summed E-state index contributed by atoms with van der Waals surface area (Å²) < 4.78 is 7.74. The minimum absolute atomic E-state index is 0.0685. The molecular formula is C17H18N6O4S2. The highest BCUT2D eigenvalue weighted by molar-refractivity contribution is 8.01. The quantitative estimate of drug-likeness (QED) is 0.416. The number of nitrogens with one attached hydrogen (secondary N) is 1. The van der Waals surface area contributed by atoms with Gasteiger partial charge in [0.05, 0.1) is 18.6 Å². The molecule has 29 heavy (non-hydrogen) atoms. The lowest BCUT2D eigenvalue weighted by molar-refractivity contribution is 0.102. The number of methoxy groups -OCH3 is 1. The minimum Gasteiger partial charge on any atom is -0.495 e. The second-order valence-corrected chi connectivity index (χ2v) is 8.08.